The average molecular weight is 400 g/mol. The number of ether oxygens (including phenoxy) is 1. The quantitative estimate of drug-likeness (QED) is 0.590. The van der Waals surface area contributed by atoms with E-state index in [1.165, 1.54) is 0 Å². The molecule has 1 aliphatic carbocycles. The molecule has 3 N–H and O–H groups in total. The molecule has 146 valence electrons. The van der Waals surface area contributed by atoms with Gasteiger partial charge in [0, 0.05) is 16.6 Å². The van der Waals surface area contributed by atoms with Crippen LogP contribution in [0, 0.1) is 5.92 Å². The van der Waals surface area contributed by atoms with Crippen molar-refractivity contribution in [3.8, 4) is 5.75 Å². The highest BCUT2D eigenvalue weighted by Gasteiger charge is 2.25. The molecule has 3 rings (SSSR count). The topological polar surface area (TPSA) is 79.5 Å². The minimum Gasteiger partial charge on any atom is -0.484 e. The van der Waals surface area contributed by atoms with Crippen molar-refractivity contribution in [3.05, 3.63) is 65.7 Å². The molecule has 7 heteroatoms. The molecule has 1 fully saturated rings. The summed E-state index contributed by atoms with van der Waals surface area (Å²) in [6, 6.07) is 14.0. The zero-order chi connectivity index (χ0) is 19.9. The number of hydrazine groups is 1. The van der Waals surface area contributed by atoms with Gasteiger partial charge in [-0.25, -0.2) is 0 Å². The molecule has 2 aromatic rings. The van der Waals surface area contributed by atoms with E-state index in [9.17, 15) is 9.59 Å². The molecule has 0 saturated heterocycles. The zero-order valence-electron chi connectivity index (χ0n) is 15.3. The van der Waals surface area contributed by atoms with Gasteiger partial charge in [0.25, 0.3) is 5.91 Å². The zero-order valence-corrected chi connectivity index (χ0v) is 16.1. The Morgan fingerprint density at radius 2 is 1.71 bits per heavy atom. The summed E-state index contributed by atoms with van der Waals surface area (Å²) in [4.78, 5) is 23.8. The van der Waals surface area contributed by atoms with Crippen LogP contribution in [0.5, 0.6) is 5.75 Å². The number of hydrogen-bond acceptors (Lipinski definition) is 4. The van der Waals surface area contributed by atoms with Crippen LogP contribution in [-0.4, -0.2) is 18.4 Å². The largest absolute Gasteiger partial charge is 0.484 e. The summed E-state index contributed by atoms with van der Waals surface area (Å²) < 4.78 is 5.37. The fourth-order valence-corrected chi connectivity index (χ4v) is 2.73. The third-order valence-corrected chi connectivity index (χ3v) is 4.77. The van der Waals surface area contributed by atoms with Crippen LogP contribution in [0.1, 0.15) is 24.8 Å². The van der Waals surface area contributed by atoms with Gasteiger partial charge in [0.15, 0.2) is 6.61 Å². The van der Waals surface area contributed by atoms with Gasteiger partial charge >= 0.3 is 0 Å². The highest BCUT2D eigenvalue weighted by Crippen LogP contribution is 2.27. The molecule has 2 aromatic carbocycles. The number of nitrogens with one attached hydrogen (secondary N) is 3. The number of benzene rings is 2. The van der Waals surface area contributed by atoms with Crippen LogP contribution < -0.4 is 20.9 Å². The molecule has 0 spiro atoms. The summed E-state index contributed by atoms with van der Waals surface area (Å²) in [6.45, 7) is 3.75. The van der Waals surface area contributed by atoms with Crippen LogP contribution in [0.4, 0.5) is 5.69 Å². The normalized spacial score (nSPS) is 13.2. The minimum atomic E-state index is -0.347. The molecule has 1 aliphatic rings. The summed E-state index contributed by atoms with van der Waals surface area (Å²) in [5, 5.41) is 3.51. The van der Waals surface area contributed by atoms with Gasteiger partial charge in [0.2, 0.25) is 5.91 Å². The molecule has 0 heterocycles. The van der Waals surface area contributed by atoms with E-state index in [-0.39, 0.29) is 24.3 Å². The van der Waals surface area contributed by atoms with Gasteiger partial charge in [0.05, 0.1) is 5.70 Å². The fourth-order valence-electron chi connectivity index (χ4n) is 2.60. The van der Waals surface area contributed by atoms with E-state index in [2.05, 4.69) is 22.7 Å². The second kappa shape index (κ2) is 9.28. The molecule has 0 atom stereocenters. The van der Waals surface area contributed by atoms with Crippen molar-refractivity contribution in [3.63, 3.8) is 0 Å². The molecule has 0 radical (unpaired) electrons. The maximum atomic E-state index is 12.0. The van der Waals surface area contributed by atoms with E-state index in [1.54, 1.807) is 24.3 Å². The van der Waals surface area contributed by atoms with Crippen molar-refractivity contribution >= 4 is 34.8 Å². The Hall–Kier alpha value is -2.99. The van der Waals surface area contributed by atoms with Crippen LogP contribution in [0.25, 0.3) is 5.70 Å². The molecule has 0 aromatic heterocycles. The van der Waals surface area contributed by atoms with E-state index in [0.717, 1.165) is 30.5 Å². The summed E-state index contributed by atoms with van der Waals surface area (Å²) in [5.41, 5.74) is 7.35. The van der Waals surface area contributed by atoms with Crippen molar-refractivity contribution in [2.24, 2.45) is 5.92 Å². The highest BCUT2D eigenvalue weighted by atomic mass is 35.5. The number of anilines is 1. The Morgan fingerprint density at radius 1 is 1.04 bits per heavy atom. The number of carbonyl (C=O) groups is 2. The third-order valence-electron chi connectivity index (χ3n) is 4.51. The lowest BCUT2D eigenvalue weighted by Crippen LogP contribution is -2.38. The van der Waals surface area contributed by atoms with Gasteiger partial charge in [-0.1, -0.05) is 36.7 Å². The summed E-state index contributed by atoms with van der Waals surface area (Å²) >= 11 is 5.80. The van der Waals surface area contributed by atoms with Gasteiger partial charge < -0.3 is 10.1 Å². The lowest BCUT2D eigenvalue weighted by molar-refractivity contribution is -0.124. The maximum absolute atomic E-state index is 12.0. The Morgan fingerprint density at radius 3 is 2.32 bits per heavy atom. The predicted molar refractivity (Wildman–Crippen MR) is 110 cm³/mol. The van der Waals surface area contributed by atoms with Gasteiger partial charge in [0.1, 0.15) is 5.75 Å². The van der Waals surface area contributed by atoms with Crippen molar-refractivity contribution in [1.82, 2.24) is 10.9 Å². The lowest BCUT2D eigenvalue weighted by atomic mass is 9.85. The fraction of sp³-hybridized carbons (Fsp3) is 0.238. The molecule has 6 nitrogen and oxygen atoms in total. The van der Waals surface area contributed by atoms with Crippen LogP contribution in [0.15, 0.2) is 55.1 Å². The molecular weight excluding hydrogens is 378 g/mol. The number of amides is 2. The van der Waals surface area contributed by atoms with Gasteiger partial charge in [-0.15, -0.1) is 0 Å². The predicted octanol–water partition coefficient (Wildman–Crippen LogP) is 3.75. The van der Waals surface area contributed by atoms with Crippen molar-refractivity contribution < 1.29 is 14.3 Å². The smallest absolute Gasteiger partial charge is 0.276 e. The summed E-state index contributed by atoms with van der Waals surface area (Å²) in [6.07, 6.45) is 3.05. The van der Waals surface area contributed by atoms with E-state index in [1.807, 2.05) is 24.3 Å². The number of halogens is 1. The molecule has 0 unspecified atom stereocenters. The van der Waals surface area contributed by atoms with Crippen molar-refractivity contribution in [1.29, 1.82) is 0 Å². The monoisotopic (exact) mass is 399 g/mol. The standard InChI is InChI=1S/C21H22ClN3O3/c1-14(24-25-20(26)13-28-19-11-7-17(22)8-12-19)15-5-9-18(10-6-15)23-21(27)16-3-2-4-16/h5-12,16,24H,1-4,13H2,(H,23,27)(H,25,26). The first-order valence-corrected chi connectivity index (χ1v) is 9.42. The Balaban J connectivity index is 1.41. The van der Waals surface area contributed by atoms with E-state index >= 15 is 0 Å². The Bertz CT molecular complexity index is 846. The molecule has 2 amide bonds. The average Bonchev–Trinajstić information content (AvgIpc) is 2.65. The van der Waals surface area contributed by atoms with Crippen LogP contribution in [0.2, 0.25) is 5.02 Å². The lowest BCUT2D eigenvalue weighted by Gasteiger charge is -2.24. The number of rotatable bonds is 8. The van der Waals surface area contributed by atoms with E-state index in [0.29, 0.717) is 16.5 Å². The maximum Gasteiger partial charge on any atom is 0.276 e. The van der Waals surface area contributed by atoms with Crippen LogP contribution in [0.3, 0.4) is 0 Å². The summed E-state index contributed by atoms with van der Waals surface area (Å²) in [7, 11) is 0. The third kappa shape index (κ3) is 5.50. The second-order valence-electron chi connectivity index (χ2n) is 6.59. The second-order valence-corrected chi connectivity index (χ2v) is 7.03. The molecule has 0 bridgehead atoms. The van der Waals surface area contributed by atoms with Crippen molar-refractivity contribution in [2.45, 2.75) is 19.3 Å². The highest BCUT2D eigenvalue weighted by molar-refractivity contribution is 6.30. The molecule has 1 saturated carbocycles. The number of carbonyl (C=O) groups excluding carboxylic acids is 2. The summed E-state index contributed by atoms with van der Waals surface area (Å²) in [5.74, 6) is 0.420. The molecule has 28 heavy (non-hydrogen) atoms. The van der Waals surface area contributed by atoms with Gasteiger partial charge in [-0.3, -0.25) is 20.4 Å². The van der Waals surface area contributed by atoms with E-state index < -0.39 is 0 Å². The van der Waals surface area contributed by atoms with Crippen LogP contribution in [-0.2, 0) is 9.59 Å². The van der Waals surface area contributed by atoms with Crippen molar-refractivity contribution in [2.75, 3.05) is 11.9 Å². The number of hydrogen-bond donors (Lipinski definition) is 3. The van der Waals surface area contributed by atoms with Gasteiger partial charge in [-0.05, 0) is 54.8 Å². The van der Waals surface area contributed by atoms with Gasteiger partial charge in [-0.2, -0.15) is 0 Å². The van der Waals surface area contributed by atoms with Crippen LogP contribution >= 0.6 is 11.6 Å². The minimum absolute atomic E-state index is 0.0731. The first-order valence-electron chi connectivity index (χ1n) is 9.05. The Labute approximate surface area is 168 Å². The first kappa shape index (κ1) is 19.8. The SMILES string of the molecule is C=C(NNC(=O)COc1ccc(Cl)cc1)c1ccc(NC(=O)C2CCC2)cc1. The first-order chi connectivity index (χ1) is 13.5. The molecular formula is C21H22ClN3O3. The van der Waals surface area contributed by atoms with E-state index in [4.69, 9.17) is 16.3 Å². The Kier molecular flexibility index (Phi) is 6.55. The molecule has 0 aliphatic heterocycles.